The second kappa shape index (κ2) is 11.3. The topological polar surface area (TPSA) is 86.8 Å². The summed E-state index contributed by atoms with van der Waals surface area (Å²) in [5.41, 5.74) is 3.24. The van der Waals surface area contributed by atoms with E-state index in [0.29, 0.717) is 5.69 Å². The van der Waals surface area contributed by atoms with Gasteiger partial charge < -0.3 is 10.2 Å². The first kappa shape index (κ1) is 26.4. The van der Waals surface area contributed by atoms with Crippen molar-refractivity contribution in [3.8, 4) is 0 Å². The van der Waals surface area contributed by atoms with Gasteiger partial charge >= 0.3 is 0 Å². The lowest BCUT2D eigenvalue weighted by Crippen LogP contribution is -2.52. The van der Waals surface area contributed by atoms with Crippen molar-refractivity contribution in [1.82, 2.24) is 10.2 Å². The number of hydrogen-bond acceptors (Lipinski definition) is 4. The average Bonchev–Trinajstić information content (AvgIpc) is 2.75. The molecule has 7 nitrogen and oxygen atoms in total. The van der Waals surface area contributed by atoms with Crippen LogP contribution < -0.4 is 9.62 Å². The number of hydrogen-bond donors (Lipinski definition) is 1. The molecule has 0 fully saturated rings. The van der Waals surface area contributed by atoms with E-state index in [1.165, 1.54) is 4.90 Å². The molecule has 2 amide bonds. The quantitative estimate of drug-likeness (QED) is 0.573. The smallest absolute Gasteiger partial charge is 0.244 e. The minimum atomic E-state index is -3.73. The molecule has 180 valence electrons. The number of carbonyl (C=O) groups is 2. The summed E-state index contributed by atoms with van der Waals surface area (Å²) in [6.07, 6.45) is 1.84. The average molecular weight is 474 g/mol. The van der Waals surface area contributed by atoms with E-state index in [9.17, 15) is 18.0 Å². The summed E-state index contributed by atoms with van der Waals surface area (Å²) in [6.45, 7) is 9.17. The third kappa shape index (κ3) is 7.60. The summed E-state index contributed by atoms with van der Waals surface area (Å²) in [5.74, 6) is -0.722. The normalized spacial score (nSPS) is 13.2. The molecule has 0 aromatic heterocycles. The summed E-state index contributed by atoms with van der Waals surface area (Å²) >= 11 is 0. The van der Waals surface area contributed by atoms with Crippen molar-refractivity contribution in [3.63, 3.8) is 0 Å². The van der Waals surface area contributed by atoms with Crippen LogP contribution in [0.4, 0.5) is 5.69 Å². The minimum Gasteiger partial charge on any atom is -0.352 e. The zero-order valence-corrected chi connectivity index (χ0v) is 21.1. The third-order valence-electron chi connectivity index (χ3n) is 5.61. The number of amides is 2. The maximum atomic E-state index is 13.5. The Morgan fingerprint density at radius 2 is 1.64 bits per heavy atom. The molecule has 0 heterocycles. The van der Waals surface area contributed by atoms with Crippen LogP contribution in [0.5, 0.6) is 0 Å². The van der Waals surface area contributed by atoms with Crippen LogP contribution >= 0.6 is 0 Å². The second-order valence-corrected chi connectivity index (χ2v) is 10.5. The number of nitrogens with zero attached hydrogens (tertiary/aromatic N) is 2. The van der Waals surface area contributed by atoms with Gasteiger partial charge in [0.2, 0.25) is 21.8 Å². The van der Waals surface area contributed by atoms with Gasteiger partial charge in [-0.3, -0.25) is 13.9 Å². The lowest BCUT2D eigenvalue weighted by molar-refractivity contribution is -0.139. The fourth-order valence-electron chi connectivity index (χ4n) is 3.34. The molecular weight excluding hydrogens is 438 g/mol. The molecule has 2 atom stereocenters. The summed E-state index contributed by atoms with van der Waals surface area (Å²) in [7, 11) is -3.73. The van der Waals surface area contributed by atoms with Crippen molar-refractivity contribution in [2.75, 3.05) is 17.1 Å². The minimum absolute atomic E-state index is 0.0314. The second-order valence-electron chi connectivity index (χ2n) is 8.61. The first-order valence-corrected chi connectivity index (χ1v) is 13.0. The van der Waals surface area contributed by atoms with Crippen molar-refractivity contribution in [1.29, 1.82) is 0 Å². The van der Waals surface area contributed by atoms with Gasteiger partial charge in [0.05, 0.1) is 11.9 Å². The largest absolute Gasteiger partial charge is 0.352 e. The highest BCUT2D eigenvalue weighted by Crippen LogP contribution is 2.20. The number of anilines is 1. The fraction of sp³-hybridized carbons (Fsp3) is 0.440. The van der Waals surface area contributed by atoms with Crippen LogP contribution in [0.25, 0.3) is 0 Å². The van der Waals surface area contributed by atoms with Gasteiger partial charge in [-0.15, -0.1) is 0 Å². The van der Waals surface area contributed by atoms with Crippen molar-refractivity contribution in [2.24, 2.45) is 0 Å². The lowest BCUT2D eigenvalue weighted by atomic mass is 10.1. The Morgan fingerprint density at radius 1 is 1.00 bits per heavy atom. The van der Waals surface area contributed by atoms with E-state index in [2.05, 4.69) is 5.32 Å². The summed E-state index contributed by atoms with van der Waals surface area (Å²) < 4.78 is 26.2. The van der Waals surface area contributed by atoms with Crippen LogP contribution in [-0.4, -0.2) is 50.0 Å². The van der Waals surface area contributed by atoms with Crippen molar-refractivity contribution < 1.29 is 18.0 Å². The highest BCUT2D eigenvalue weighted by atomic mass is 32.2. The van der Waals surface area contributed by atoms with Crippen LogP contribution in [0.3, 0.4) is 0 Å². The number of aryl methyl sites for hydroxylation is 2. The zero-order valence-electron chi connectivity index (χ0n) is 20.3. The standard InChI is InChI=1S/C25H35N3O4S/c1-7-20(4)26-25(30)21(5)27(16-22-13-11-18(2)12-14-22)24(29)17-28(33(6,31)32)23-10-8-9-19(3)15-23/h8-15,20-21H,7,16-17H2,1-6H3,(H,26,30)/t20-,21-/m1/s1. The molecule has 0 aliphatic carbocycles. The molecule has 2 aromatic rings. The Labute approximate surface area is 197 Å². The van der Waals surface area contributed by atoms with E-state index in [1.54, 1.807) is 25.1 Å². The van der Waals surface area contributed by atoms with Gasteiger partial charge in [0.1, 0.15) is 12.6 Å². The molecule has 2 aromatic carbocycles. The molecule has 0 unspecified atom stereocenters. The van der Waals surface area contributed by atoms with E-state index in [1.807, 2.05) is 58.0 Å². The SMILES string of the molecule is CC[C@@H](C)NC(=O)[C@@H](C)N(Cc1ccc(C)cc1)C(=O)CN(c1cccc(C)c1)S(C)(=O)=O. The summed E-state index contributed by atoms with van der Waals surface area (Å²) in [5, 5.41) is 2.92. The van der Waals surface area contributed by atoms with Crippen molar-refractivity contribution in [2.45, 2.75) is 59.7 Å². The van der Waals surface area contributed by atoms with Gasteiger partial charge in [-0.25, -0.2) is 8.42 Å². The van der Waals surface area contributed by atoms with Gasteiger partial charge in [-0.1, -0.05) is 48.9 Å². The Kier molecular flexibility index (Phi) is 9.05. The molecule has 0 bridgehead atoms. The van der Waals surface area contributed by atoms with Crippen LogP contribution in [0.2, 0.25) is 0 Å². The molecule has 0 spiro atoms. The molecule has 2 rings (SSSR count). The molecule has 0 radical (unpaired) electrons. The highest BCUT2D eigenvalue weighted by Gasteiger charge is 2.30. The number of benzene rings is 2. The Morgan fingerprint density at radius 3 is 2.18 bits per heavy atom. The Hall–Kier alpha value is -2.87. The molecule has 1 N–H and O–H groups in total. The Balaban J connectivity index is 2.37. The molecular formula is C25H35N3O4S. The van der Waals surface area contributed by atoms with Gasteiger partial charge in [0, 0.05) is 12.6 Å². The molecule has 0 saturated heterocycles. The molecule has 0 aliphatic heterocycles. The predicted molar refractivity (Wildman–Crippen MR) is 132 cm³/mol. The maximum Gasteiger partial charge on any atom is 0.244 e. The first-order chi connectivity index (χ1) is 15.4. The number of carbonyl (C=O) groups excluding carboxylic acids is 2. The van der Waals surface area contributed by atoms with Crippen LogP contribution in [0.1, 0.15) is 43.9 Å². The summed E-state index contributed by atoms with van der Waals surface area (Å²) in [4.78, 5) is 27.8. The van der Waals surface area contributed by atoms with Crippen LogP contribution in [-0.2, 0) is 26.2 Å². The molecule has 0 aliphatic rings. The fourth-order valence-corrected chi connectivity index (χ4v) is 4.18. The predicted octanol–water partition coefficient (Wildman–Crippen LogP) is 3.40. The van der Waals surface area contributed by atoms with Gasteiger partial charge in [0.15, 0.2) is 0 Å². The molecule has 0 saturated carbocycles. The number of rotatable bonds is 10. The monoisotopic (exact) mass is 473 g/mol. The highest BCUT2D eigenvalue weighted by molar-refractivity contribution is 7.92. The van der Waals surface area contributed by atoms with Gasteiger partial charge in [-0.2, -0.15) is 0 Å². The van der Waals surface area contributed by atoms with Crippen LogP contribution in [0, 0.1) is 13.8 Å². The van der Waals surface area contributed by atoms with Gasteiger partial charge in [0.25, 0.3) is 0 Å². The van der Waals surface area contributed by atoms with E-state index < -0.39 is 28.5 Å². The van der Waals surface area contributed by atoms with E-state index in [-0.39, 0.29) is 18.5 Å². The third-order valence-corrected chi connectivity index (χ3v) is 6.75. The van der Waals surface area contributed by atoms with Crippen molar-refractivity contribution >= 4 is 27.5 Å². The maximum absolute atomic E-state index is 13.5. The van der Waals surface area contributed by atoms with Crippen molar-refractivity contribution in [3.05, 3.63) is 65.2 Å². The van der Waals surface area contributed by atoms with E-state index in [0.717, 1.165) is 33.7 Å². The Bertz CT molecular complexity index is 1070. The lowest BCUT2D eigenvalue weighted by Gasteiger charge is -2.32. The van der Waals surface area contributed by atoms with E-state index in [4.69, 9.17) is 0 Å². The molecule has 33 heavy (non-hydrogen) atoms. The zero-order chi connectivity index (χ0) is 24.8. The number of sulfonamides is 1. The van der Waals surface area contributed by atoms with E-state index >= 15 is 0 Å². The van der Waals surface area contributed by atoms with Gasteiger partial charge in [-0.05, 0) is 57.4 Å². The van der Waals surface area contributed by atoms with Crippen LogP contribution in [0.15, 0.2) is 48.5 Å². The number of nitrogens with one attached hydrogen (secondary N) is 1. The summed E-state index contributed by atoms with van der Waals surface area (Å²) in [6, 6.07) is 13.9. The first-order valence-electron chi connectivity index (χ1n) is 11.1. The molecule has 8 heteroatoms.